The van der Waals surface area contributed by atoms with Crippen LogP contribution in [0.15, 0.2) is 58.4 Å². The van der Waals surface area contributed by atoms with E-state index in [0.717, 1.165) is 62.3 Å². The summed E-state index contributed by atoms with van der Waals surface area (Å²) >= 11 is 0. The van der Waals surface area contributed by atoms with Gasteiger partial charge in [-0.2, -0.15) is 5.10 Å². The van der Waals surface area contributed by atoms with Gasteiger partial charge in [-0.05, 0) is 62.3 Å². The number of nitrogens with one attached hydrogen (secondary N) is 1. The lowest BCUT2D eigenvalue weighted by Crippen LogP contribution is -2.37. The number of allylic oxidation sites excluding steroid dienone is 2. The maximum absolute atomic E-state index is 15.3. The lowest BCUT2D eigenvalue weighted by molar-refractivity contribution is -0.112. The van der Waals surface area contributed by atoms with Crippen LogP contribution in [0.4, 0.5) is 21.6 Å². The molecule has 228 valence electrons. The van der Waals surface area contributed by atoms with Gasteiger partial charge < -0.3 is 24.8 Å². The molecule has 0 saturated heterocycles. The highest BCUT2D eigenvalue weighted by Gasteiger charge is 2.38. The van der Waals surface area contributed by atoms with Crippen molar-refractivity contribution in [2.45, 2.75) is 64.3 Å². The Bertz CT molecular complexity index is 1820. The SMILES string of the molecule is Cn1cc(-c2cc(F)cc(N3C=C4C(=O)C5=C(CCCC5)N4CC3)c2CO)cc(Nc2cc3n(n2)CCN(C2CC2)C3)c1=O. The van der Waals surface area contributed by atoms with Crippen LogP contribution in [0, 0.1) is 5.82 Å². The van der Waals surface area contributed by atoms with Gasteiger partial charge in [0.1, 0.15) is 17.2 Å². The van der Waals surface area contributed by atoms with Crippen LogP contribution >= 0.6 is 0 Å². The number of nitrogens with zero attached hydrogens (tertiary/aromatic N) is 6. The number of pyridine rings is 1. The molecule has 8 rings (SSSR count). The van der Waals surface area contributed by atoms with Crippen molar-refractivity contribution in [1.82, 2.24) is 24.1 Å². The molecule has 10 nitrogen and oxygen atoms in total. The highest BCUT2D eigenvalue weighted by atomic mass is 19.1. The average Bonchev–Trinajstić information content (AvgIpc) is 3.75. The van der Waals surface area contributed by atoms with Gasteiger partial charge in [-0.15, -0.1) is 0 Å². The van der Waals surface area contributed by atoms with E-state index in [1.165, 1.54) is 29.5 Å². The molecule has 0 amide bonds. The smallest absolute Gasteiger partial charge is 0.274 e. The fraction of sp³-hybridized carbons (Fsp3) is 0.424. The van der Waals surface area contributed by atoms with Crippen LogP contribution in [-0.4, -0.2) is 60.7 Å². The monoisotopic (exact) mass is 597 g/mol. The number of hydrogen-bond acceptors (Lipinski definition) is 8. The Hall–Kier alpha value is -4.22. The van der Waals surface area contributed by atoms with Gasteiger partial charge in [-0.1, -0.05) is 0 Å². The first kappa shape index (κ1) is 27.3. The molecule has 1 aromatic carbocycles. The number of fused-ring (bicyclic) bond motifs is 3. The number of aromatic nitrogens is 3. The molecular weight excluding hydrogens is 561 g/mol. The van der Waals surface area contributed by atoms with E-state index in [2.05, 4.69) is 15.1 Å². The summed E-state index contributed by atoms with van der Waals surface area (Å²) in [7, 11) is 1.66. The number of Topliss-reactive ketones (excluding diaryl/α,β-unsaturated/α-hetero) is 1. The van der Waals surface area contributed by atoms with Gasteiger partial charge in [0.25, 0.3) is 5.56 Å². The van der Waals surface area contributed by atoms with E-state index in [0.29, 0.717) is 58.7 Å². The Morgan fingerprint density at radius 1 is 1.05 bits per heavy atom. The highest BCUT2D eigenvalue weighted by molar-refractivity contribution is 6.11. The first-order chi connectivity index (χ1) is 21.4. The fourth-order valence-corrected chi connectivity index (χ4v) is 7.34. The summed E-state index contributed by atoms with van der Waals surface area (Å²) < 4.78 is 18.8. The van der Waals surface area contributed by atoms with Gasteiger partial charge in [0, 0.05) is 85.8 Å². The zero-order valence-corrected chi connectivity index (χ0v) is 24.9. The molecule has 0 unspecified atom stereocenters. The fourth-order valence-electron chi connectivity index (χ4n) is 7.34. The predicted molar refractivity (Wildman–Crippen MR) is 165 cm³/mol. The number of rotatable bonds is 6. The molecule has 0 atom stereocenters. The molecule has 5 aliphatic rings. The van der Waals surface area contributed by atoms with Gasteiger partial charge in [0.05, 0.1) is 18.8 Å². The molecule has 44 heavy (non-hydrogen) atoms. The van der Waals surface area contributed by atoms with Gasteiger partial charge in [0.2, 0.25) is 5.78 Å². The van der Waals surface area contributed by atoms with E-state index < -0.39 is 5.82 Å². The van der Waals surface area contributed by atoms with Crippen molar-refractivity contribution < 1.29 is 14.3 Å². The summed E-state index contributed by atoms with van der Waals surface area (Å²) in [5.41, 5.74) is 5.98. The molecule has 2 aromatic heterocycles. The predicted octanol–water partition coefficient (Wildman–Crippen LogP) is 3.98. The van der Waals surface area contributed by atoms with Crippen LogP contribution in [0.3, 0.4) is 0 Å². The lowest BCUT2D eigenvalue weighted by atomic mass is 9.96. The minimum absolute atomic E-state index is 0.0570. The standard InChI is InChI=1S/C33H36FN7O3/c1-37-16-20(12-27(33(37)44)35-31-15-23-17-38(22-6-7-22)9-11-41(23)36-31)25-13-21(34)14-29(26(25)19-42)39-8-10-40-28-5-3-2-4-24(28)32(43)30(40)18-39/h12-16,18,22,42H,2-11,17,19H2,1H3,(H,35,36). The largest absolute Gasteiger partial charge is 0.392 e. The van der Waals surface area contributed by atoms with Crippen molar-refractivity contribution in [2.75, 3.05) is 29.9 Å². The van der Waals surface area contributed by atoms with Crippen LogP contribution in [0.1, 0.15) is 49.8 Å². The molecule has 1 saturated carbocycles. The van der Waals surface area contributed by atoms with E-state index in [1.54, 1.807) is 25.5 Å². The van der Waals surface area contributed by atoms with E-state index in [4.69, 9.17) is 5.10 Å². The molecular formula is C33H36FN7O3. The van der Waals surface area contributed by atoms with Crippen LogP contribution in [0.5, 0.6) is 0 Å². The van der Waals surface area contributed by atoms with Gasteiger partial charge in [-0.25, -0.2) is 4.39 Å². The van der Waals surface area contributed by atoms with Gasteiger partial charge >= 0.3 is 0 Å². The number of carbonyl (C=O) groups is 1. The van der Waals surface area contributed by atoms with E-state index >= 15 is 4.39 Å². The van der Waals surface area contributed by atoms with Crippen LogP contribution in [0.2, 0.25) is 0 Å². The Labute approximate surface area is 254 Å². The third-order valence-corrected chi connectivity index (χ3v) is 9.71. The van der Waals surface area contributed by atoms with Gasteiger partial charge in [-0.3, -0.25) is 19.2 Å². The van der Waals surface area contributed by atoms with E-state index in [-0.39, 0.29) is 17.9 Å². The summed E-state index contributed by atoms with van der Waals surface area (Å²) in [6.07, 6.45) is 9.79. The molecule has 1 fully saturated rings. The van der Waals surface area contributed by atoms with Crippen LogP contribution < -0.4 is 15.8 Å². The summed E-state index contributed by atoms with van der Waals surface area (Å²) in [6, 6.07) is 7.17. The van der Waals surface area contributed by atoms with E-state index in [1.807, 2.05) is 15.6 Å². The molecule has 0 radical (unpaired) electrons. The number of halogens is 1. The molecule has 0 spiro atoms. The zero-order valence-electron chi connectivity index (χ0n) is 24.9. The number of hydrogen-bond donors (Lipinski definition) is 2. The van der Waals surface area contributed by atoms with E-state index in [9.17, 15) is 14.7 Å². The third-order valence-electron chi connectivity index (χ3n) is 9.71. The van der Waals surface area contributed by atoms with Crippen molar-refractivity contribution in [1.29, 1.82) is 0 Å². The maximum Gasteiger partial charge on any atom is 0.274 e. The molecule has 2 aliphatic carbocycles. The van der Waals surface area contributed by atoms with Crippen LogP contribution in [0.25, 0.3) is 11.1 Å². The highest BCUT2D eigenvalue weighted by Crippen LogP contribution is 2.41. The number of aliphatic hydroxyl groups is 1. The summed E-state index contributed by atoms with van der Waals surface area (Å²) in [5.74, 6) is 0.186. The second kappa shape index (κ2) is 10.4. The molecule has 3 aromatic rings. The Kier molecular flexibility index (Phi) is 6.49. The number of benzene rings is 1. The lowest BCUT2D eigenvalue weighted by Gasteiger charge is -2.35. The first-order valence-corrected chi connectivity index (χ1v) is 15.6. The summed E-state index contributed by atoms with van der Waals surface area (Å²) in [6.45, 7) is 3.46. The second-order valence-corrected chi connectivity index (χ2v) is 12.6. The first-order valence-electron chi connectivity index (χ1n) is 15.6. The minimum Gasteiger partial charge on any atom is -0.392 e. The molecule has 0 bridgehead atoms. The summed E-state index contributed by atoms with van der Waals surface area (Å²) in [4.78, 5) is 33.0. The van der Waals surface area contributed by atoms with Crippen molar-refractivity contribution in [3.05, 3.63) is 81.1 Å². The second-order valence-electron chi connectivity index (χ2n) is 12.6. The van der Waals surface area contributed by atoms with Crippen molar-refractivity contribution in [2.24, 2.45) is 7.05 Å². The number of anilines is 3. The van der Waals surface area contributed by atoms with Crippen molar-refractivity contribution >= 4 is 23.0 Å². The topological polar surface area (TPSA) is 98.9 Å². The minimum atomic E-state index is -0.464. The molecule has 2 N–H and O–H groups in total. The Balaban J connectivity index is 1.13. The maximum atomic E-state index is 15.3. The quantitative estimate of drug-likeness (QED) is 0.441. The Morgan fingerprint density at radius 2 is 1.89 bits per heavy atom. The van der Waals surface area contributed by atoms with Crippen LogP contribution in [-0.2, 0) is 31.5 Å². The molecule has 3 aliphatic heterocycles. The number of ketones is 1. The third kappa shape index (κ3) is 4.57. The Morgan fingerprint density at radius 3 is 2.70 bits per heavy atom. The molecule has 5 heterocycles. The molecule has 11 heteroatoms. The number of aliphatic hydroxyl groups excluding tert-OH is 1. The summed E-state index contributed by atoms with van der Waals surface area (Å²) in [5, 5.41) is 18.5. The number of aryl methyl sites for hydroxylation is 1. The van der Waals surface area contributed by atoms with Gasteiger partial charge in [0.15, 0.2) is 5.82 Å². The normalized spacial score (nSPS) is 20.1. The number of carbonyl (C=O) groups excluding carboxylic acids is 1. The average molecular weight is 598 g/mol. The van der Waals surface area contributed by atoms with Crippen molar-refractivity contribution in [3.63, 3.8) is 0 Å². The van der Waals surface area contributed by atoms with Crippen molar-refractivity contribution in [3.8, 4) is 11.1 Å². The zero-order chi connectivity index (χ0) is 30.1.